The Balaban J connectivity index is 1.70. The summed E-state index contributed by atoms with van der Waals surface area (Å²) in [5, 5.41) is 3.45. The van der Waals surface area contributed by atoms with Crippen LogP contribution in [0.2, 0.25) is 0 Å². The molecule has 2 aliphatic rings. The van der Waals surface area contributed by atoms with Gasteiger partial charge in [-0.15, -0.1) is 11.8 Å². The molecule has 0 unspecified atom stereocenters. The highest BCUT2D eigenvalue weighted by Crippen LogP contribution is 2.31. The highest BCUT2D eigenvalue weighted by Gasteiger charge is 2.15. The molecule has 3 rings (SSSR count). The van der Waals surface area contributed by atoms with Gasteiger partial charge in [-0.1, -0.05) is 12.1 Å². The molecule has 1 aromatic carbocycles. The summed E-state index contributed by atoms with van der Waals surface area (Å²) < 4.78 is 0. The highest BCUT2D eigenvalue weighted by molar-refractivity contribution is 7.99. The summed E-state index contributed by atoms with van der Waals surface area (Å²) in [4.78, 5) is 1.56. The van der Waals surface area contributed by atoms with Crippen LogP contribution in [0.15, 0.2) is 23.1 Å². The zero-order valence-electron chi connectivity index (χ0n) is 10.4. The molecule has 0 aliphatic carbocycles. The highest BCUT2D eigenvalue weighted by atomic mass is 32.2. The summed E-state index contributed by atoms with van der Waals surface area (Å²) in [6.07, 6.45) is 6.63. The lowest BCUT2D eigenvalue weighted by molar-refractivity contribution is 0.372. The van der Waals surface area contributed by atoms with Crippen molar-refractivity contribution in [3.63, 3.8) is 0 Å². The maximum absolute atomic E-state index is 3.45. The second-order valence-electron chi connectivity index (χ2n) is 5.29. The first-order valence-electron chi connectivity index (χ1n) is 6.87. The minimum absolute atomic E-state index is 0.905. The van der Waals surface area contributed by atoms with Crippen molar-refractivity contribution in [2.75, 3.05) is 18.8 Å². The van der Waals surface area contributed by atoms with Gasteiger partial charge in [0.05, 0.1) is 0 Å². The number of hydrogen-bond acceptors (Lipinski definition) is 2. The molecule has 2 heteroatoms. The van der Waals surface area contributed by atoms with E-state index in [4.69, 9.17) is 0 Å². The van der Waals surface area contributed by atoms with E-state index in [9.17, 15) is 0 Å². The SMILES string of the molecule is c1cc2c(cc1CC1CCNCC1)SCCC2. The third-order valence-corrected chi connectivity index (χ3v) is 5.15. The molecule has 2 heterocycles. The lowest BCUT2D eigenvalue weighted by Gasteiger charge is -2.23. The van der Waals surface area contributed by atoms with E-state index in [0.717, 1.165) is 5.92 Å². The van der Waals surface area contributed by atoms with Crippen molar-refractivity contribution < 1.29 is 0 Å². The third kappa shape index (κ3) is 2.86. The van der Waals surface area contributed by atoms with Crippen molar-refractivity contribution in [1.82, 2.24) is 5.32 Å². The summed E-state index contributed by atoms with van der Waals surface area (Å²) in [6.45, 7) is 2.43. The van der Waals surface area contributed by atoms with E-state index in [1.807, 2.05) is 0 Å². The van der Waals surface area contributed by atoms with Crippen LogP contribution in [0.4, 0.5) is 0 Å². The first-order valence-corrected chi connectivity index (χ1v) is 7.86. The summed E-state index contributed by atoms with van der Waals surface area (Å²) in [7, 11) is 0. The van der Waals surface area contributed by atoms with Gasteiger partial charge >= 0.3 is 0 Å². The first-order chi connectivity index (χ1) is 8.42. The van der Waals surface area contributed by atoms with Crippen LogP contribution < -0.4 is 5.32 Å². The van der Waals surface area contributed by atoms with Gasteiger partial charge in [0.2, 0.25) is 0 Å². The standard InChI is InChI=1S/C15H21NS/c1-2-14-4-3-13(11-15(14)17-9-1)10-12-5-7-16-8-6-12/h3-4,11-12,16H,1-2,5-10H2. The molecule has 0 bridgehead atoms. The summed E-state index contributed by atoms with van der Waals surface area (Å²) >= 11 is 2.05. The molecule has 0 aromatic heterocycles. The van der Waals surface area contributed by atoms with E-state index < -0.39 is 0 Å². The van der Waals surface area contributed by atoms with Crippen molar-refractivity contribution >= 4 is 11.8 Å². The molecular weight excluding hydrogens is 226 g/mol. The van der Waals surface area contributed by atoms with E-state index in [1.165, 1.54) is 50.9 Å². The van der Waals surface area contributed by atoms with Crippen LogP contribution in [0, 0.1) is 5.92 Å². The minimum atomic E-state index is 0.905. The molecule has 1 fully saturated rings. The Morgan fingerprint density at radius 2 is 2.12 bits per heavy atom. The van der Waals surface area contributed by atoms with E-state index in [0.29, 0.717) is 0 Å². The van der Waals surface area contributed by atoms with E-state index in [-0.39, 0.29) is 0 Å². The molecule has 0 amide bonds. The van der Waals surface area contributed by atoms with E-state index in [2.05, 4.69) is 35.3 Å². The van der Waals surface area contributed by atoms with Crippen molar-refractivity contribution in [3.8, 4) is 0 Å². The number of hydrogen-bond donors (Lipinski definition) is 1. The fourth-order valence-electron chi connectivity index (χ4n) is 2.93. The van der Waals surface area contributed by atoms with Crippen molar-refractivity contribution in [3.05, 3.63) is 29.3 Å². The molecule has 92 valence electrons. The van der Waals surface area contributed by atoms with Gasteiger partial charge in [0, 0.05) is 4.90 Å². The number of fused-ring (bicyclic) bond motifs is 1. The van der Waals surface area contributed by atoms with Gasteiger partial charge in [-0.05, 0) is 74.1 Å². The second-order valence-corrected chi connectivity index (χ2v) is 6.43. The van der Waals surface area contributed by atoms with Gasteiger partial charge in [-0.3, -0.25) is 0 Å². The Labute approximate surface area is 108 Å². The normalized spacial score (nSPS) is 21.2. The Morgan fingerprint density at radius 3 is 3.00 bits per heavy atom. The van der Waals surface area contributed by atoms with Crippen LogP contribution in [0.1, 0.15) is 30.4 Å². The van der Waals surface area contributed by atoms with Crippen molar-refractivity contribution in [1.29, 1.82) is 0 Å². The Morgan fingerprint density at radius 1 is 1.24 bits per heavy atom. The molecule has 2 aliphatic heterocycles. The van der Waals surface area contributed by atoms with Crippen LogP contribution in [0.25, 0.3) is 0 Å². The predicted octanol–water partition coefficient (Wildman–Crippen LogP) is 3.27. The lowest BCUT2D eigenvalue weighted by atomic mass is 9.90. The van der Waals surface area contributed by atoms with Gasteiger partial charge in [-0.2, -0.15) is 0 Å². The molecule has 1 N–H and O–H groups in total. The largest absolute Gasteiger partial charge is 0.317 e. The fraction of sp³-hybridized carbons (Fsp3) is 0.600. The molecule has 0 atom stereocenters. The lowest BCUT2D eigenvalue weighted by Crippen LogP contribution is -2.28. The summed E-state index contributed by atoms with van der Waals surface area (Å²) in [5.41, 5.74) is 3.14. The van der Waals surface area contributed by atoms with Crippen LogP contribution in [0.5, 0.6) is 0 Å². The van der Waals surface area contributed by atoms with Gasteiger partial charge < -0.3 is 5.32 Å². The Kier molecular flexibility index (Phi) is 3.72. The maximum atomic E-state index is 3.45. The molecule has 0 saturated carbocycles. The molecular formula is C15H21NS. The topological polar surface area (TPSA) is 12.0 Å². The number of aryl methyl sites for hydroxylation is 1. The van der Waals surface area contributed by atoms with Gasteiger partial charge in [0.15, 0.2) is 0 Å². The molecule has 1 saturated heterocycles. The number of piperidine rings is 1. The van der Waals surface area contributed by atoms with Gasteiger partial charge in [0.25, 0.3) is 0 Å². The van der Waals surface area contributed by atoms with Crippen LogP contribution in [0.3, 0.4) is 0 Å². The van der Waals surface area contributed by atoms with Crippen molar-refractivity contribution in [2.45, 2.75) is 37.0 Å². The Bertz CT molecular complexity index is 383. The predicted molar refractivity (Wildman–Crippen MR) is 74.8 cm³/mol. The summed E-state index contributed by atoms with van der Waals surface area (Å²) in [5.74, 6) is 2.21. The number of rotatable bonds is 2. The molecule has 0 spiro atoms. The maximum Gasteiger partial charge on any atom is 0.0107 e. The van der Waals surface area contributed by atoms with Crippen molar-refractivity contribution in [2.24, 2.45) is 5.92 Å². The van der Waals surface area contributed by atoms with E-state index in [1.54, 1.807) is 16.0 Å². The zero-order chi connectivity index (χ0) is 11.5. The van der Waals surface area contributed by atoms with Gasteiger partial charge in [0.1, 0.15) is 0 Å². The third-order valence-electron chi connectivity index (χ3n) is 3.96. The average Bonchev–Trinajstić information content (AvgIpc) is 2.40. The molecule has 17 heavy (non-hydrogen) atoms. The summed E-state index contributed by atoms with van der Waals surface area (Å²) in [6, 6.07) is 7.20. The van der Waals surface area contributed by atoms with Gasteiger partial charge in [-0.25, -0.2) is 0 Å². The zero-order valence-corrected chi connectivity index (χ0v) is 11.2. The number of benzene rings is 1. The first kappa shape index (κ1) is 11.6. The molecule has 1 aromatic rings. The molecule has 0 radical (unpaired) electrons. The van der Waals surface area contributed by atoms with Crippen LogP contribution in [-0.4, -0.2) is 18.8 Å². The quantitative estimate of drug-likeness (QED) is 0.861. The smallest absolute Gasteiger partial charge is 0.0107 e. The Hall–Kier alpha value is -0.470. The monoisotopic (exact) mass is 247 g/mol. The van der Waals surface area contributed by atoms with Crippen LogP contribution >= 0.6 is 11.8 Å². The second kappa shape index (κ2) is 5.45. The van der Waals surface area contributed by atoms with E-state index >= 15 is 0 Å². The average molecular weight is 247 g/mol. The molecule has 1 nitrogen and oxygen atoms in total. The minimum Gasteiger partial charge on any atom is -0.317 e. The fourth-order valence-corrected chi connectivity index (χ4v) is 4.03. The number of thioether (sulfide) groups is 1. The number of nitrogens with one attached hydrogen (secondary N) is 1. The van der Waals surface area contributed by atoms with Crippen LogP contribution in [-0.2, 0) is 12.8 Å².